The van der Waals surface area contributed by atoms with Gasteiger partial charge in [0.25, 0.3) is 0 Å². The average Bonchev–Trinajstić information content (AvgIpc) is 2.83. The number of hydrogen-bond acceptors (Lipinski definition) is 4. The highest BCUT2D eigenvalue weighted by Gasteiger charge is 2.30. The van der Waals surface area contributed by atoms with Crippen molar-refractivity contribution in [2.24, 2.45) is 5.73 Å². The average molecular weight is 413 g/mol. The third-order valence-corrected chi connectivity index (χ3v) is 6.87. The van der Waals surface area contributed by atoms with E-state index in [0.717, 1.165) is 32.5 Å². The van der Waals surface area contributed by atoms with Crippen LogP contribution in [-0.4, -0.2) is 22.5 Å². The molecule has 3 aromatic rings. The monoisotopic (exact) mass is 412 g/mol. The Morgan fingerprint density at radius 2 is 1.71 bits per heavy atom. The van der Waals surface area contributed by atoms with Crippen molar-refractivity contribution < 1.29 is 0 Å². The van der Waals surface area contributed by atoms with E-state index in [1.54, 1.807) is 0 Å². The quantitative estimate of drug-likeness (QED) is 0.639. The second kappa shape index (κ2) is 9.31. The standard InChI is InChI=1S/C27H32N4/c28-16-20-10-12-21(13-11-20)18-31(26-9-3-7-22-8-4-14-29-27(22)26)19-25-15-23-5-1-2-6-24(23)17-30-25/h1-2,4-6,8,10-14,25-26,30H,3,7,9,15-19,28H2/t25-,26?/m1/s1. The van der Waals surface area contributed by atoms with Crippen LogP contribution in [-0.2, 0) is 32.5 Å². The Morgan fingerprint density at radius 3 is 2.55 bits per heavy atom. The molecule has 0 bridgehead atoms. The highest BCUT2D eigenvalue weighted by Crippen LogP contribution is 2.34. The number of fused-ring (bicyclic) bond motifs is 2. The van der Waals surface area contributed by atoms with Gasteiger partial charge >= 0.3 is 0 Å². The summed E-state index contributed by atoms with van der Waals surface area (Å²) in [5.74, 6) is 0. The van der Waals surface area contributed by atoms with E-state index in [1.165, 1.54) is 46.4 Å². The van der Waals surface area contributed by atoms with Crippen molar-refractivity contribution in [1.29, 1.82) is 0 Å². The third-order valence-electron chi connectivity index (χ3n) is 6.87. The summed E-state index contributed by atoms with van der Waals surface area (Å²) in [6.07, 6.45) is 6.59. The number of nitrogens with two attached hydrogens (primary N) is 1. The molecule has 0 amide bonds. The fraction of sp³-hybridized carbons (Fsp3) is 0.370. The summed E-state index contributed by atoms with van der Waals surface area (Å²) in [5.41, 5.74) is 14.0. The molecule has 2 atom stereocenters. The lowest BCUT2D eigenvalue weighted by molar-refractivity contribution is 0.145. The summed E-state index contributed by atoms with van der Waals surface area (Å²) in [5, 5.41) is 3.79. The molecule has 0 fully saturated rings. The fourth-order valence-corrected chi connectivity index (χ4v) is 5.19. The van der Waals surface area contributed by atoms with Crippen molar-refractivity contribution >= 4 is 0 Å². The molecule has 5 rings (SSSR count). The lowest BCUT2D eigenvalue weighted by Crippen LogP contribution is -2.46. The molecule has 4 nitrogen and oxygen atoms in total. The van der Waals surface area contributed by atoms with Gasteiger partial charge in [-0.15, -0.1) is 0 Å². The molecular formula is C27H32N4. The van der Waals surface area contributed by atoms with Crippen molar-refractivity contribution in [3.05, 3.63) is 100 Å². The van der Waals surface area contributed by atoms with Gasteiger partial charge in [-0.3, -0.25) is 9.88 Å². The first kappa shape index (κ1) is 20.4. The molecule has 2 heterocycles. The van der Waals surface area contributed by atoms with Crippen molar-refractivity contribution in [2.75, 3.05) is 6.54 Å². The van der Waals surface area contributed by atoms with Crippen LogP contribution in [0.2, 0.25) is 0 Å². The van der Waals surface area contributed by atoms with E-state index < -0.39 is 0 Å². The number of pyridine rings is 1. The second-order valence-electron chi connectivity index (χ2n) is 8.96. The normalized spacial score (nSPS) is 20.3. The minimum Gasteiger partial charge on any atom is -0.326 e. The molecule has 0 spiro atoms. The molecule has 1 aromatic heterocycles. The number of aromatic nitrogens is 1. The fourth-order valence-electron chi connectivity index (χ4n) is 5.19. The van der Waals surface area contributed by atoms with Crippen LogP contribution in [0.5, 0.6) is 0 Å². The summed E-state index contributed by atoms with van der Waals surface area (Å²) in [4.78, 5) is 7.50. The Bertz CT molecular complexity index is 1010. The van der Waals surface area contributed by atoms with Crippen LogP contribution in [0.3, 0.4) is 0 Å². The Kier molecular flexibility index (Phi) is 6.12. The molecule has 4 heteroatoms. The minimum absolute atomic E-state index is 0.373. The number of nitrogens with one attached hydrogen (secondary N) is 1. The SMILES string of the molecule is NCc1ccc(CN(C[C@H]2Cc3ccccc3CN2)C2CCCc3cccnc32)cc1. The number of hydrogen-bond donors (Lipinski definition) is 2. The highest BCUT2D eigenvalue weighted by molar-refractivity contribution is 5.31. The molecule has 0 radical (unpaired) electrons. The Hall–Kier alpha value is -2.53. The maximum atomic E-state index is 5.81. The van der Waals surface area contributed by atoms with Crippen molar-refractivity contribution in [2.45, 2.75) is 57.4 Å². The lowest BCUT2D eigenvalue weighted by atomic mass is 9.89. The molecule has 0 saturated carbocycles. The van der Waals surface area contributed by atoms with Gasteiger partial charge in [0.1, 0.15) is 0 Å². The molecule has 0 saturated heterocycles. The summed E-state index contributed by atoms with van der Waals surface area (Å²) >= 11 is 0. The van der Waals surface area contributed by atoms with Crippen LogP contribution in [0.4, 0.5) is 0 Å². The maximum Gasteiger partial charge on any atom is 0.0607 e. The Balaban J connectivity index is 1.40. The van der Waals surface area contributed by atoms with E-state index in [0.29, 0.717) is 18.6 Å². The topological polar surface area (TPSA) is 54.2 Å². The van der Waals surface area contributed by atoms with E-state index in [4.69, 9.17) is 10.7 Å². The molecule has 3 N–H and O–H groups in total. The van der Waals surface area contributed by atoms with Crippen LogP contribution in [0.25, 0.3) is 0 Å². The minimum atomic E-state index is 0.373. The van der Waals surface area contributed by atoms with Crippen LogP contribution in [0.15, 0.2) is 66.9 Å². The summed E-state index contributed by atoms with van der Waals surface area (Å²) < 4.78 is 0. The van der Waals surface area contributed by atoms with Gasteiger partial charge in [0, 0.05) is 38.4 Å². The van der Waals surface area contributed by atoms with Gasteiger partial charge in [-0.05, 0) is 59.6 Å². The lowest BCUT2D eigenvalue weighted by Gasteiger charge is -2.38. The molecular weight excluding hydrogens is 380 g/mol. The van der Waals surface area contributed by atoms with Gasteiger partial charge in [0.2, 0.25) is 0 Å². The van der Waals surface area contributed by atoms with Crippen molar-refractivity contribution in [1.82, 2.24) is 15.2 Å². The molecule has 1 aliphatic heterocycles. The maximum absolute atomic E-state index is 5.81. The van der Waals surface area contributed by atoms with Gasteiger partial charge in [-0.1, -0.05) is 54.6 Å². The zero-order valence-corrected chi connectivity index (χ0v) is 18.1. The number of aryl methyl sites for hydroxylation is 1. The molecule has 1 aliphatic carbocycles. The summed E-state index contributed by atoms with van der Waals surface area (Å²) in [6.45, 7) is 3.51. The first-order valence-corrected chi connectivity index (χ1v) is 11.6. The van der Waals surface area contributed by atoms with Gasteiger partial charge in [0.15, 0.2) is 0 Å². The number of nitrogens with zero attached hydrogens (tertiary/aromatic N) is 2. The van der Waals surface area contributed by atoms with E-state index in [9.17, 15) is 0 Å². The Labute approximate surface area is 185 Å². The Morgan fingerprint density at radius 1 is 0.935 bits per heavy atom. The first-order valence-electron chi connectivity index (χ1n) is 11.6. The highest BCUT2D eigenvalue weighted by atomic mass is 15.2. The van der Waals surface area contributed by atoms with Crippen LogP contribution >= 0.6 is 0 Å². The largest absolute Gasteiger partial charge is 0.326 e. The number of rotatable bonds is 6. The van der Waals surface area contributed by atoms with E-state index in [-0.39, 0.29) is 0 Å². The zero-order chi connectivity index (χ0) is 21.0. The summed E-state index contributed by atoms with van der Waals surface area (Å²) in [6, 6.07) is 22.8. The molecule has 2 aromatic carbocycles. The smallest absolute Gasteiger partial charge is 0.0607 e. The zero-order valence-electron chi connectivity index (χ0n) is 18.1. The molecule has 160 valence electrons. The van der Waals surface area contributed by atoms with E-state index in [1.807, 2.05) is 6.20 Å². The molecule has 1 unspecified atom stereocenters. The first-order chi connectivity index (χ1) is 15.3. The third kappa shape index (κ3) is 4.57. The van der Waals surface area contributed by atoms with Gasteiger partial charge in [-0.25, -0.2) is 0 Å². The molecule has 31 heavy (non-hydrogen) atoms. The second-order valence-corrected chi connectivity index (χ2v) is 8.96. The predicted octanol–water partition coefficient (Wildman–Crippen LogP) is 4.13. The van der Waals surface area contributed by atoms with E-state index in [2.05, 4.69) is 70.9 Å². The summed E-state index contributed by atoms with van der Waals surface area (Å²) in [7, 11) is 0. The van der Waals surface area contributed by atoms with Crippen molar-refractivity contribution in [3.63, 3.8) is 0 Å². The van der Waals surface area contributed by atoms with Gasteiger partial charge in [-0.2, -0.15) is 0 Å². The van der Waals surface area contributed by atoms with Crippen LogP contribution in [0, 0.1) is 0 Å². The van der Waals surface area contributed by atoms with E-state index >= 15 is 0 Å². The number of benzene rings is 2. The van der Waals surface area contributed by atoms with Gasteiger partial charge < -0.3 is 11.1 Å². The van der Waals surface area contributed by atoms with Gasteiger partial charge in [0.05, 0.1) is 11.7 Å². The van der Waals surface area contributed by atoms with Crippen LogP contribution < -0.4 is 11.1 Å². The predicted molar refractivity (Wildman–Crippen MR) is 125 cm³/mol. The van der Waals surface area contributed by atoms with Crippen molar-refractivity contribution in [3.8, 4) is 0 Å². The van der Waals surface area contributed by atoms with Crippen LogP contribution in [0.1, 0.15) is 52.4 Å². The molecule has 2 aliphatic rings.